The summed E-state index contributed by atoms with van der Waals surface area (Å²) in [5.74, 6) is 2.16. The molecule has 0 fully saturated rings. The summed E-state index contributed by atoms with van der Waals surface area (Å²) in [6, 6.07) is 2.07. The Balaban J connectivity index is 2.79. The van der Waals surface area contributed by atoms with Gasteiger partial charge in [-0.25, -0.2) is 0 Å². The van der Waals surface area contributed by atoms with E-state index in [0.717, 1.165) is 29.1 Å². The van der Waals surface area contributed by atoms with Crippen LogP contribution in [0.5, 0.6) is 0 Å². The largest absolute Gasteiger partial charge is 0.338 e. The fourth-order valence-corrected chi connectivity index (χ4v) is 2.51. The normalized spacial score (nSPS) is 12.2. The standard InChI is InChI=1S/C14H22N2OS/c1-5-12-9-15-8-7-13(12)14(17)16(4)11(3)10-18-6-2/h7-9,11H,5-6,10H2,1-4H3/t11-/m0/s1. The Morgan fingerprint density at radius 3 is 2.83 bits per heavy atom. The highest BCUT2D eigenvalue weighted by Gasteiger charge is 2.19. The van der Waals surface area contributed by atoms with Crippen LogP contribution in [-0.4, -0.2) is 40.4 Å². The number of aryl methyl sites for hydroxylation is 1. The molecule has 0 radical (unpaired) electrons. The molecular formula is C14H22N2OS. The molecule has 1 rings (SSSR count). The lowest BCUT2D eigenvalue weighted by atomic mass is 10.1. The Bertz CT molecular complexity index is 395. The van der Waals surface area contributed by atoms with Gasteiger partial charge in [0.25, 0.3) is 5.91 Å². The molecule has 4 heteroatoms. The van der Waals surface area contributed by atoms with Crippen LogP contribution in [0.3, 0.4) is 0 Å². The molecule has 0 unspecified atom stereocenters. The molecule has 1 atom stereocenters. The molecule has 100 valence electrons. The smallest absolute Gasteiger partial charge is 0.254 e. The first-order valence-electron chi connectivity index (χ1n) is 6.39. The fraction of sp³-hybridized carbons (Fsp3) is 0.571. The summed E-state index contributed by atoms with van der Waals surface area (Å²) in [6.45, 7) is 6.27. The highest BCUT2D eigenvalue weighted by molar-refractivity contribution is 7.99. The van der Waals surface area contributed by atoms with Gasteiger partial charge in [-0.3, -0.25) is 9.78 Å². The monoisotopic (exact) mass is 266 g/mol. The molecule has 0 spiro atoms. The maximum atomic E-state index is 12.4. The summed E-state index contributed by atoms with van der Waals surface area (Å²) < 4.78 is 0. The first-order valence-corrected chi connectivity index (χ1v) is 7.55. The summed E-state index contributed by atoms with van der Waals surface area (Å²) in [5.41, 5.74) is 1.80. The first-order chi connectivity index (χ1) is 8.61. The third-order valence-corrected chi connectivity index (χ3v) is 4.19. The summed E-state index contributed by atoms with van der Waals surface area (Å²) >= 11 is 1.86. The second-order valence-corrected chi connectivity index (χ2v) is 5.63. The van der Waals surface area contributed by atoms with Crippen LogP contribution in [-0.2, 0) is 6.42 Å². The summed E-state index contributed by atoms with van der Waals surface area (Å²) in [7, 11) is 1.88. The van der Waals surface area contributed by atoms with Gasteiger partial charge >= 0.3 is 0 Å². The van der Waals surface area contributed by atoms with Crippen molar-refractivity contribution in [2.24, 2.45) is 0 Å². The third-order valence-electron chi connectivity index (χ3n) is 3.06. The van der Waals surface area contributed by atoms with Gasteiger partial charge in [0.2, 0.25) is 0 Å². The molecule has 0 saturated carbocycles. The van der Waals surface area contributed by atoms with Gasteiger partial charge in [0.1, 0.15) is 0 Å². The van der Waals surface area contributed by atoms with Crippen molar-refractivity contribution < 1.29 is 4.79 Å². The average Bonchev–Trinajstić information content (AvgIpc) is 2.42. The van der Waals surface area contributed by atoms with Gasteiger partial charge in [-0.15, -0.1) is 0 Å². The van der Waals surface area contributed by atoms with Gasteiger partial charge in [-0.05, 0) is 30.7 Å². The predicted octanol–water partition coefficient (Wildman–Crippen LogP) is 2.86. The van der Waals surface area contributed by atoms with E-state index in [2.05, 4.69) is 18.8 Å². The SMILES string of the molecule is CCSC[C@H](C)N(C)C(=O)c1ccncc1CC. The molecule has 1 aromatic heterocycles. The maximum Gasteiger partial charge on any atom is 0.254 e. The van der Waals surface area contributed by atoms with E-state index in [4.69, 9.17) is 0 Å². The van der Waals surface area contributed by atoms with E-state index in [9.17, 15) is 4.79 Å². The lowest BCUT2D eigenvalue weighted by molar-refractivity contribution is 0.0756. The highest BCUT2D eigenvalue weighted by Crippen LogP contribution is 2.14. The number of aromatic nitrogens is 1. The molecule has 0 aliphatic carbocycles. The second-order valence-electron chi connectivity index (χ2n) is 4.31. The Morgan fingerprint density at radius 1 is 1.50 bits per heavy atom. The van der Waals surface area contributed by atoms with Gasteiger partial charge in [-0.2, -0.15) is 11.8 Å². The van der Waals surface area contributed by atoms with E-state index in [0.29, 0.717) is 0 Å². The van der Waals surface area contributed by atoms with Crippen molar-refractivity contribution in [3.8, 4) is 0 Å². The molecule has 1 heterocycles. The Labute approximate surface area is 114 Å². The molecule has 0 aliphatic rings. The first kappa shape index (κ1) is 15.0. The number of pyridine rings is 1. The van der Waals surface area contributed by atoms with Crippen molar-refractivity contribution in [2.45, 2.75) is 33.2 Å². The molecule has 0 aromatic carbocycles. The van der Waals surface area contributed by atoms with E-state index < -0.39 is 0 Å². The average molecular weight is 266 g/mol. The zero-order chi connectivity index (χ0) is 13.5. The number of hydrogen-bond donors (Lipinski definition) is 0. The predicted molar refractivity (Wildman–Crippen MR) is 78.2 cm³/mol. The molecular weight excluding hydrogens is 244 g/mol. The van der Waals surface area contributed by atoms with Crippen molar-refractivity contribution in [1.29, 1.82) is 0 Å². The van der Waals surface area contributed by atoms with Crippen molar-refractivity contribution in [1.82, 2.24) is 9.88 Å². The van der Waals surface area contributed by atoms with Crippen LogP contribution in [0.4, 0.5) is 0 Å². The van der Waals surface area contributed by atoms with Crippen LogP contribution in [0, 0.1) is 0 Å². The van der Waals surface area contributed by atoms with Gasteiger partial charge < -0.3 is 4.90 Å². The van der Waals surface area contributed by atoms with Gasteiger partial charge in [-0.1, -0.05) is 13.8 Å². The quantitative estimate of drug-likeness (QED) is 0.794. The van der Waals surface area contributed by atoms with Gasteiger partial charge in [0.15, 0.2) is 0 Å². The van der Waals surface area contributed by atoms with Gasteiger partial charge in [0, 0.05) is 36.8 Å². The van der Waals surface area contributed by atoms with Crippen LogP contribution in [0.2, 0.25) is 0 Å². The molecule has 0 saturated heterocycles. The van der Waals surface area contributed by atoms with Crippen molar-refractivity contribution in [2.75, 3.05) is 18.6 Å². The minimum Gasteiger partial charge on any atom is -0.338 e. The van der Waals surface area contributed by atoms with Crippen LogP contribution < -0.4 is 0 Å². The maximum absolute atomic E-state index is 12.4. The van der Waals surface area contributed by atoms with Crippen molar-refractivity contribution >= 4 is 17.7 Å². The van der Waals surface area contributed by atoms with E-state index in [-0.39, 0.29) is 11.9 Å². The van der Waals surface area contributed by atoms with Crippen LogP contribution in [0.25, 0.3) is 0 Å². The van der Waals surface area contributed by atoms with Crippen LogP contribution in [0.1, 0.15) is 36.7 Å². The molecule has 0 bridgehead atoms. The van der Waals surface area contributed by atoms with Crippen molar-refractivity contribution in [3.05, 3.63) is 29.6 Å². The number of carbonyl (C=O) groups excluding carboxylic acids is 1. The summed E-state index contributed by atoms with van der Waals surface area (Å²) in [6.07, 6.45) is 4.30. The third kappa shape index (κ3) is 3.73. The topological polar surface area (TPSA) is 33.2 Å². The number of amides is 1. The fourth-order valence-electron chi connectivity index (χ4n) is 1.71. The lowest BCUT2D eigenvalue weighted by Gasteiger charge is -2.25. The van der Waals surface area contributed by atoms with Crippen molar-refractivity contribution in [3.63, 3.8) is 0 Å². The molecule has 1 amide bonds. The number of rotatable bonds is 6. The Morgan fingerprint density at radius 2 is 2.22 bits per heavy atom. The molecule has 3 nitrogen and oxygen atoms in total. The summed E-state index contributed by atoms with van der Waals surface area (Å²) in [4.78, 5) is 18.3. The minimum absolute atomic E-state index is 0.0958. The zero-order valence-electron chi connectivity index (χ0n) is 11.6. The van der Waals surface area contributed by atoms with E-state index in [1.54, 1.807) is 12.4 Å². The van der Waals surface area contributed by atoms with Crippen LogP contribution in [0.15, 0.2) is 18.5 Å². The lowest BCUT2D eigenvalue weighted by Crippen LogP contribution is -2.37. The molecule has 0 N–H and O–H groups in total. The number of hydrogen-bond acceptors (Lipinski definition) is 3. The Kier molecular flexibility index (Phi) is 6.19. The highest BCUT2D eigenvalue weighted by atomic mass is 32.2. The summed E-state index contributed by atoms with van der Waals surface area (Å²) in [5, 5.41) is 0. The van der Waals surface area contributed by atoms with E-state index in [1.807, 2.05) is 36.7 Å². The molecule has 1 aromatic rings. The van der Waals surface area contributed by atoms with Gasteiger partial charge in [0.05, 0.1) is 0 Å². The van der Waals surface area contributed by atoms with Crippen LogP contribution >= 0.6 is 11.8 Å². The Hall–Kier alpha value is -1.03. The molecule has 18 heavy (non-hydrogen) atoms. The number of thioether (sulfide) groups is 1. The number of nitrogens with zero attached hydrogens (tertiary/aromatic N) is 2. The second kappa shape index (κ2) is 7.41. The zero-order valence-corrected chi connectivity index (χ0v) is 12.5. The number of carbonyl (C=O) groups is 1. The van der Waals surface area contributed by atoms with E-state index >= 15 is 0 Å². The van der Waals surface area contributed by atoms with E-state index in [1.165, 1.54) is 0 Å². The molecule has 0 aliphatic heterocycles. The minimum atomic E-state index is 0.0958.